The van der Waals surface area contributed by atoms with E-state index in [9.17, 15) is 4.79 Å². The number of alkyl halides is 2. The predicted molar refractivity (Wildman–Crippen MR) is 76.0 cm³/mol. The summed E-state index contributed by atoms with van der Waals surface area (Å²) < 4.78 is 0. The maximum atomic E-state index is 12.0. The zero-order valence-corrected chi connectivity index (χ0v) is 12.9. The van der Waals surface area contributed by atoms with Crippen LogP contribution in [0.3, 0.4) is 0 Å². The summed E-state index contributed by atoms with van der Waals surface area (Å²) in [5.41, 5.74) is 2.04. The lowest BCUT2D eigenvalue weighted by molar-refractivity contribution is 0.0997. The van der Waals surface area contributed by atoms with Crippen LogP contribution in [0.4, 0.5) is 0 Å². The molecule has 0 heterocycles. The Hall–Kier alpha value is -0.150. The van der Waals surface area contributed by atoms with Gasteiger partial charge in [-0.25, -0.2) is 0 Å². The van der Waals surface area contributed by atoms with E-state index in [4.69, 9.17) is 0 Å². The molecule has 0 saturated carbocycles. The third kappa shape index (κ3) is 3.42. The summed E-state index contributed by atoms with van der Waals surface area (Å²) in [6.07, 6.45) is 0. The molecular weight excluding hydrogens is 332 g/mol. The molecule has 0 aliphatic carbocycles. The van der Waals surface area contributed by atoms with Crippen molar-refractivity contribution in [2.75, 3.05) is 5.33 Å². The Kier molecular flexibility index (Phi) is 4.74. The van der Waals surface area contributed by atoms with Crippen LogP contribution in [0.5, 0.6) is 0 Å². The molecule has 0 aliphatic heterocycles. The third-order valence-corrected chi connectivity index (χ3v) is 4.69. The van der Waals surface area contributed by atoms with Gasteiger partial charge >= 0.3 is 0 Å². The minimum Gasteiger partial charge on any atom is -0.293 e. The molecule has 0 bridgehead atoms. The second-order valence-electron chi connectivity index (χ2n) is 4.82. The van der Waals surface area contributed by atoms with Crippen molar-refractivity contribution in [3.63, 3.8) is 0 Å². The van der Waals surface area contributed by atoms with Gasteiger partial charge in [0.25, 0.3) is 0 Å². The largest absolute Gasteiger partial charge is 0.293 e. The van der Waals surface area contributed by atoms with Crippen molar-refractivity contribution < 1.29 is 4.79 Å². The standard InChI is InChI=1S/C13H16Br2O/c1-13(2,3)10-6-4-5-9(7-10)12(16)11(15)8-14/h4-7,11H,8H2,1-3H3. The highest BCUT2D eigenvalue weighted by Crippen LogP contribution is 2.24. The monoisotopic (exact) mass is 346 g/mol. The van der Waals surface area contributed by atoms with Crippen molar-refractivity contribution in [3.05, 3.63) is 35.4 Å². The van der Waals surface area contributed by atoms with Gasteiger partial charge in [-0.05, 0) is 17.0 Å². The van der Waals surface area contributed by atoms with Crippen LogP contribution < -0.4 is 0 Å². The van der Waals surface area contributed by atoms with E-state index in [1.54, 1.807) is 0 Å². The van der Waals surface area contributed by atoms with Gasteiger partial charge in [-0.15, -0.1) is 0 Å². The Bertz CT molecular complexity index is 380. The van der Waals surface area contributed by atoms with Gasteiger partial charge in [0.15, 0.2) is 5.78 Å². The minimum atomic E-state index is -0.150. The number of hydrogen-bond donors (Lipinski definition) is 0. The van der Waals surface area contributed by atoms with Crippen LogP contribution in [-0.4, -0.2) is 15.9 Å². The Morgan fingerprint density at radius 3 is 2.50 bits per heavy atom. The summed E-state index contributed by atoms with van der Waals surface area (Å²) in [7, 11) is 0. The highest BCUT2D eigenvalue weighted by molar-refractivity contribution is 9.12. The number of carbonyl (C=O) groups is 1. The number of benzene rings is 1. The molecule has 0 aliphatic rings. The fraction of sp³-hybridized carbons (Fsp3) is 0.462. The zero-order chi connectivity index (χ0) is 12.3. The third-order valence-electron chi connectivity index (χ3n) is 2.43. The first-order valence-corrected chi connectivity index (χ1v) is 7.25. The van der Waals surface area contributed by atoms with E-state index in [0.717, 1.165) is 5.56 Å². The summed E-state index contributed by atoms with van der Waals surface area (Å²) in [6, 6.07) is 7.86. The molecule has 0 radical (unpaired) electrons. The topological polar surface area (TPSA) is 17.1 Å². The second kappa shape index (κ2) is 5.46. The van der Waals surface area contributed by atoms with Crippen LogP contribution in [0.1, 0.15) is 36.7 Å². The molecule has 0 aromatic heterocycles. The normalized spacial score (nSPS) is 13.6. The number of Topliss-reactive ketones (excluding diaryl/α,β-unsaturated/α-hetero) is 1. The Balaban J connectivity index is 3.04. The lowest BCUT2D eigenvalue weighted by atomic mass is 9.86. The van der Waals surface area contributed by atoms with Crippen molar-refractivity contribution in [3.8, 4) is 0 Å². The van der Waals surface area contributed by atoms with Crippen molar-refractivity contribution in [2.45, 2.75) is 31.0 Å². The first-order chi connectivity index (χ1) is 7.36. The fourth-order valence-corrected chi connectivity index (χ4v) is 1.95. The zero-order valence-electron chi connectivity index (χ0n) is 9.76. The molecule has 88 valence electrons. The van der Waals surface area contributed by atoms with E-state index in [1.807, 2.05) is 18.2 Å². The lowest BCUT2D eigenvalue weighted by Gasteiger charge is -2.19. The Morgan fingerprint density at radius 1 is 1.38 bits per heavy atom. The van der Waals surface area contributed by atoms with Crippen LogP contribution in [0.2, 0.25) is 0 Å². The number of hydrogen-bond acceptors (Lipinski definition) is 1. The lowest BCUT2D eigenvalue weighted by Crippen LogP contribution is -2.17. The molecule has 1 nitrogen and oxygen atoms in total. The SMILES string of the molecule is CC(C)(C)c1cccc(C(=O)C(Br)CBr)c1. The second-order valence-corrected chi connectivity index (χ2v) is 6.57. The van der Waals surface area contributed by atoms with Crippen molar-refractivity contribution >= 4 is 37.6 Å². The fourth-order valence-electron chi connectivity index (χ4n) is 1.39. The summed E-state index contributed by atoms with van der Waals surface area (Å²) in [5.74, 6) is 0.128. The predicted octanol–water partition coefficient (Wildman–Crippen LogP) is 4.33. The summed E-state index contributed by atoms with van der Waals surface area (Å²) in [4.78, 5) is 11.8. The number of ketones is 1. The van der Waals surface area contributed by atoms with Gasteiger partial charge < -0.3 is 0 Å². The van der Waals surface area contributed by atoms with Crippen LogP contribution in [-0.2, 0) is 5.41 Å². The molecule has 1 aromatic carbocycles. The molecule has 0 amide bonds. The van der Waals surface area contributed by atoms with Crippen molar-refractivity contribution in [1.29, 1.82) is 0 Å². The minimum absolute atomic E-state index is 0.0759. The molecule has 0 saturated heterocycles. The highest BCUT2D eigenvalue weighted by Gasteiger charge is 2.19. The van der Waals surface area contributed by atoms with Crippen molar-refractivity contribution in [1.82, 2.24) is 0 Å². The van der Waals surface area contributed by atoms with Gasteiger partial charge in [0.2, 0.25) is 0 Å². The van der Waals surface area contributed by atoms with Gasteiger partial charge in [-0.2, -0.15) is 0 Å². The first-order valence-electron chi connectivity index (χ1n) is 5.21. The molecule has 0 N–H and O–H groups in total. The number of halogens is 2. The maximum absolute atomic E-state index is 12.0. The van der Waals surface area contributed by atoms with E-state index in [1.165, 1.54) is 5.56 Å². The average Bonchev–Trinajstić information content (AvgIpc) is 2.26. The van der Waals surface area contributed by atoms with E-state index in [-0.39, 0.29) is 16.0 Å². The van der Waals surface area contributed by atoms with E-state index >= 15 is 0 Å². The van der Waals surface area contributed by atoms with Gasteiger partial charge in [-0.1, -0.05) is 70.8 Å². The average molecular weight is 348 g/mol. The van der Waals surface area contributed by atoms with Crippen LogP contribution in [0.25, 0.3) is 0 Å². The van der Waals surface area contributed by atoms with Gasteiger partial charge in [-0.3, -0.25) is 4.79 Å². The van der Waals surface area contributed by atoms with E-state index in [2.05, 4.69) is 58.7 Å². The van der Waals surface area contributed by atoms with Gasteiger partial charge in [0.05, 0.1) is 4.83 Å². The molecule has 1 rings (SSSR count). The molecule has 0 fully saturated rings. The van der Waals surface area contributed by atoms with Crippen LogP contribution in [0.15, 0.2) is 24.3 Å². The quantitative estimate of drug-likeness (QED) is 0.587. The number of carbonyl (C=O) groups excluding carboxylic acids is 1. The molecule has 1 aromatic rings. The van der Waals surface area contributed by atoms with Crippen LogP contribution >= 0.6 is 31.9 Å². The Labute approximate surface area is 114 Å². The molecule has 1 unspecified atom stereocenters. The van der Waals surface area contributed by atoms with E-state index in [0.29, 0.717) is 5.33 Å². The van der Waals surface area contributed by atoms with Crippen LogP contribution in [0, 0.1) is 0 Å². The molecular formula is C13H16Br2O. The first kappa shape index (κ1) is 13.9. The molecule has 16 heavy (non-hydrogen) atoms. The summed E-state index contributed by atoms with van der Waals surface area (Å²) >= 11 is 6.66. The molecule has 3 heteroatoms. The van der Waals surface area contributed by atoms with Gasteiger partial charge in [0.1, 0.15) is 0 Å². The van der Waals surface area contributed by atoms with E-state index < -0.39 is 0 Å². The summed E-state index contributed by atoms with van der Waals surface area (Å²) in [6.45, 7) is 6.44. The van der Waals surface area contributed by atoms with Crippen molar-refractivity contribution in [2.24, 2.45) is 0 Å². The molecule has 0 spiro atoms. The van der Waals surface area contributed by atoms with Gasteiger partial charge in [0, 0.05) is 10.9 Å². The molecule has 1 atom stereocenters. The number of rotatable bonds is 3. The Morgan fingerprint density at radius 2 is 2.00 bits per heavy atom. The maximum Gasteiger partial charge on any atom is 0.177 e. The highest BCUT2D eigenvalue weighted by atomic mass is 79.9. The smallest absolute Gasteiger partial charge is 0.177 e. The summed E-state index contributed by atoms with van der Waals surface area (Å²) in [5, 5.41) is 0.631.